The molecule has 3 heterocycles. The van der Waals surface area contributed by atoms with Gasteiger partial charge in [0.15, 0.2) is 9.34 Å². The second-order valence-electron chi connectivity index (χ2n) is 5.47. The molecule has 0 saturated carbocycles. The molecule has 2 fully saturated rings. The molecule has 2 aliphatic heterocycles. The highest BCUT2D eigenvalue weighted by molar-refractivity contribution is 7.91. The minimum Gasteiger partial charge on any atom is -0.375 e. The minimum absolute atomic E-state index is 0.305. The Labute approximate surface area is 123 Å². The van der Waals surface area contributed by atoms with Crippen molar-refractivity contribution in [1.82, 2.24) is 14.2 Å². The number of thiazole rings is 1. The maximum Gasteiger partial charge on any atom is 0.254 e. The Balaban J connectivity index is 1.83. The summed E-state index contributed by atoms with van der Waals surface area (Å²) in [4.78, 5) is 6.45. The quantitative estimate of drug-likeness (QED) is 0.876. The molecule has 0 aliphatic carbocycles. The van der Waals surface area contributed by atoms with Gasteiger partial charge in [-0.2, -0.15) is 4.31 Å². The largest absolute Gasteiger partial charge is 0.375 e. The van der Waals surface area contributed by atoms with Crippen molar-refractivity contribution < 1.29 is 8.42 Å². The highest BCUT2D eigenvalue weighted by atomic mass is 32.2. The first kappa shape index (κ1) is 14.2. The Kier molecular flexibility index (Phi) is 3.74. The molecule has 0 radical (unpaired) electrons. The van der Waals surface area contributed by atoms with Crippen molar-refractivity contribution >= 4 is 26.5 Å². The van der Waals surface area contributed by atoms with E-state index in [1.165, 1.54) is 12.8 Å². The summed E-state index contributed by atoms with van der Waals surface area (Å²) in [6.07, 6.45) is 3.52. The highest BCUT2D eigenvalue weighted by Crippen LogP contribution is 2.30. The molecule has 3 rings (SSSR count). The van der Waals surface area contributed by atoms with E-state index in [1.807, 2.05) is 0 Å². The van der Waals surface area contributed by atoms with Crippen LogP contribution in [-0.2, 0) is 10.0 Å². The average molecular weight is 316 g/mol. The molecular weight excluding hydrogens is 296 g/mol. The van der Waals surface area contributed by atoms with Crippen LogP contribution < -0.4 is 5.73 Å². The Hall–Kier alpha value is -0.700. The molecule has 1 aromatic heterocycles. The van der Waals surface area contributed by atoms with Gasteiger partial charge in [-0.3, -0.25) is 4.90 Å². The van der Waals surface area contributed by atoms with Gasteiger partial charge >= 0.3 is 0 Å². The molecule has 0 aromatic carbocycles. The molecule has 0 spiro atoms. The summed E-state index contributed by atoms with van der Waals surface area (Å²) in [5.74, 6) is 0. The van der Waals surface area contributed by atoms with E-state index in [0.29, 0.717) is 34.2 Å². The summed E-state index contributed by atoms with van der Waals surface area (Å²) in [7, 11) is -3.44. The summed E-state index contributed by atoms with van der Waals surface area (Å²) in [5, 5.41) is 0.317. The van der Waals surface area contributed by atoms with Crippen LogP contribution in [0.2, 0.25) is 0 Å². The molecule has 20 heavy (non-hydrogen) atoms. The van der Waals surface area contributed by atoms with E-state index in [2.05, 4.69) is 9.88 Å². The second-order valence-corrected chi connectivity index (χ2v) is 8.64. The minimum atomic E-state index is -3.44. The SMILES string of the molecule is Cc1nc(N)sc1S(=O)(=O)N1CCN2CCCCC2C1. The Morgan fingerprint density at radius 1 is 1.30 bits per heavy atom. The van der Waals surface area contributed by atoms with Crippen LogP contribution in [0.25, 0.3) is 0 Å². The van der Waals surface area contributed by atoms with Crippen molar-refractivity contribution in [2.24, 2.45) is 0 Å². The summed E-state index contributed by atoms with van der Waals surface area (Å²) in [5.41, 5.74) is 6.14. The number of anilines is 1. The van der Waals surface area contributed by atoms with Gasteiger partial charge in [-0.05, 0) is 26.3 Å². The van der Waals surface area contributed by atoms with Crippen LogP contribution in [0.5, 0.6) is 0 Å². The third kappa shape index (κ3) is 2.45. The fourth-order valence-electron chi connectivity index (χ4n) is 3.10. The van der Waals surface area contributed by atoms with E-state index in [0.717, 1.165) is 30.8 Å². The van der Waals surface area contributed by atoms with Crippen molar-refractivity contribution in [3.63, 3.8) is 0 Å². The lowest BCUT2D eigenvalue weighted by Crippen LogP contribution is -2.56. The van der Waals surface area contributed by atoms with Gasteiger partial charge in [0.1, 0.15) is 0 Å². The lowest BCUT2D eigenvalue weighted by atomic mass is 10.0. The number of nitrogens with two attached hydrogens (primary N) is 1. The number of aromatic nitrogens is 1. The zero-order valence-corrected chi connectivity index (χ0v) is 13.2. The third-order valence-electron chi connectivity index (χ3n) is 4.14. The Bertz CT molecular complexity index is 599. The summed E-state index contributed by atoms with van der Waals surface area (Å²) in [6.45, 7) is 4.80. The number of fused-ring (bicyclic) bond motifs is 1. The summed E-state index contributed by atoms with van der Waals surface area (Å²) < 4.78 is 27.4. The topological polar surface area (TPSA) is 79.5 Å². The average Bonchev–Trinajstić information content (AvgIpc) is 2.78. The van der Waals surface area contributed by atoms with Crippen molar-refractivity contribution in [2.75, 3.05) is 31.9 Å². The third-order valence-corrected chi connectivity index (χ3v) is 7.58. The van der Waals surface area contributed by atoms with Crippen molar-refractivity contribution in [3.8, 4) is 0 Å². The molecule has 2 aliphatic rings. The van der Waals surface area contributed by atoms with E-state index in [1.54, 1.807) is 11.2 Å². The molecule has 8 heteroatoms. The fraction of sp³-hybridized carbons (Fsp3) is 0.750. The van der Waals surface area contributed by atoms with Gasteiger partial charge in [-0.1, -0.05) is 17.8 Å². The Morgan fingerprint density at radius 2 is 2.10 bits per heavy atom. The van der Waals surface area contributed by atoms with Crippen molar-refractivity contribution in [1.29, 1.82) is 0 Å². The molecule has 2 saturated heterocycles. The molecule has 0 bridgehead atoms. The molecule has 1 aromatic rings. The second kappa shape index (κ2) is 5.25. The van der Waals surface area contributed by atoms with Gasteiger partial charge in [0.25, 0.3) is 10.0 Å². The first-order valence-corrected chi connectivity index (χ1v) is 9.21. The van der Waals surface area contributed by atoms with Gasteiger partial charge in [0.2, 0.25) is 0 Å². The number of hydrogen-bond acceptors (Lipinski definition) is 6. The van der Waals surface area contributed by atoms with E-state index in [9.17, 15) is 8.42 Å². The molecule has 2 N–H and O–H groups in total. The number of sulfonamides is 1. The van der Waals surface area contributed by atoms with Crippen LogP contribution >= 0.6 is 11.3 Å². The fourth-order valence-corrected chi connectivity index (χ4v) is 6.01. The van der Waals surface area contributed by atoms with Crippen molar-refractivity contribution in [2.45, 2.75) is 36.4 Å². The molecule has 0 amide bonds. The maximum atomic E-state index is 12.7. The molecule has 1 atom stereocenters. The predicted molar refractivity (Wildman–Crippen MR) is 79.2 cm³/mol. The van der Waals surface area contributed by atoms with E-state index >= 15 is 0 Å². The number of hydrogen-bond donors (Lipinski definition) is 1. The Morgan fingerprint density at radius 3 is 2.80 bits per heavy atom. The number of nitrogen functional groups attached to an aromatic ring is 1. The molecule has 6 nitrogen and oxygen atoms in total. The first-order valence-electron chi connectivity index (χ1n) is 6.95. The zero-order chi connectivity index (χ0) is 14.3. The maximum absolute atomic E-state index is 12.7. The number of piperidine rings is 1. The lowest BCUT2D eigenvalue weighted by molar-refractivity contribution is 0.0852. The predicted octanol–water partition coefficient (Wildman–Crippen LogP) is 0.893. The zero-order valence-electron chi connectivity index (χ0n) is 11.6. The van der Waals surface area contributed by atoms with Gasteiger partial charge in [-0.25, -0.2) is 13.4 Å². The van der Waals surface area contributed by atoms with Crippen molar-refractivity contribution in [3.05, 3.63) is 5.69 Å². The van der Waals surface area contributed by atoms with Gasteiger partial charge in [-0.15, -0.1) is 0 Å². The molecular formula is C12H20N4O2S2. The monoisotopic (exact) mass is 316 g/mol. The van der Waals surface area contributed by atoms with Crippen LogP contribution in [0, 0.1) is 6.92 Å². The van der Waals surface area contributed by atoms with E-state index < -0.39 is 10.0 Å². The van der Waals surface area contributed by atoms with Crippen LogP contribution in [-0.4, -0.2) is 54.8 Å². The lowest BCUT2D eigenvalue weighted by Gasteiger charge is -2.43. The van der Waals surface area contributed by atoms with Crippen LogP contribution in [0.4, 0.5) is 5.13 Å². The number of rotatable bonds is 2. The number of piperazine rings is 1. The highest BCUT2D eigenvalue weighted by Gasteiger charge is 2.36. The number of nitrogens with zero attached hydrogens (tertiary/aromatic N) is 3. The van der Waals surface area contributed by atoms with Gasteiger partial charge in [0.05, 0.1) is 5.69 Å². The van der Waals surface area contributed by atoms with Gasteiger partial charge in [0, 0.05) is 25.7 Å². The number of aryl methyl sites for hydroxylation is 1. The molecule has 1 unspecified atom stereocenters. The standard InChI is InChI=1S/C12H20N4O2S2/c1-9-11(19-12(13)14-9)20(17,18)16-7-6-15-5-3-2-4-10(15)8-16/h10H,2-8H2,1H3,(H2,13,14). The first-order chi connectivity index (χ1) is 9.48. The summed E-state index contributed by atoms with van der Waals surface area (Å²) >= 11 is 1.07. The van der Waals surface area contributed by atoms with Crippen LogP contribution in [0.3, 0.4) is 0 Å². The van der Waals surface area contributed by atoms with E-state index in [-0.39, 0.29) is 0 Å². The van der Waals surface area contributed by atoms with Gasteiger partial charge < -0.3 is 5.73 Å². The smallest absolute Gasteiger partial charge is 0.254 e. The van der Waals surface area contributed by atoms with E-state index in [4.69, 9.17) is 5.73 Å². The normalized spacial score (nSPS) is 25.6. The van der Waals surface area contributed by atoms with Crippen LogP contribution in [0.15, 0.2) is 4.21 Å². The summed E-state index contributed by atoms with van der Waals surface area (Å²) in [6, 6.07) is 0.373. The molecule has 112 valence electrons. The van der Waals surface area contributed by atoms with Crippen LogP contribution in [0.1, 0.15) is 25.0 Å².